The van der Waals surface area contributed by atoms with Gasteiger partial charge in [0.05, 0.1) is 18.9 Å². The van der Waals surface area contributed by atoms with Gasteiger partial charge in [0.25, 0.3) is 0 Å². The van der Waals surface area contributed by atoms with Gasteiger partial charge in [0, 0.05) is 6.54 Å². The molecule has 0 saturated heterocycles. The fraction of sp³-hybridized carbons (Fsp3) is 0.467. The second kappa shape index (κ2) is 7.53. The van der Waals surface area contributed by atoms with E-state index in [1.165, 1.54) is 5.56 Å². The third-order valence-electron chi connectivity index (χ3n) is 3.10. The molecule has 0 aromatic heterocycles. The number of carbonyl (C=O) groups is 2. The van der Waals surface area contributed by atoms with E-state index in [9.17, 15) is 9.59 Å². The molecule has 0 aliphatic carbocycles. The quantitative estimate of drug-likeness (QED) is 0.799. The van der Waals surface area contributed by atoms with Crippen LogP contribution in [-0.4, -0.2) is 30.1 Å². The Bertz CT molecular complexity index is 485. The van der Waals surface area contributed by atoms with Gasteiger partial charge < -0.3 is 15.2 Å². The average Bonchev–Trinajstić information content (AvgIpc) is 2.40. The highest BCUT2D eigenvalue weighted by Crippen LogP contribution is 2.16. The lowest BCUT2D eigenvalue weighted by atomic mass is 10.1. The normalized spacial score (nSPS) is 11.8. The molecule has 1 unspecified atom stereocenters. The third-order valence-corrected chi connectivity index (χ3v) is 3.10. The fourth-order valence-electron chi connectivity index (χ4n) is 1.51. The minimum Gasteiger partial charge on any atom is -0.493 e. The molecule has 1 rings (SSSR count). The first kappa shape index (κ1) is 16.0. The van der Waals surface area contributed by atoms with Crippen molar-refractivity contribution >= 4 is 11.9 Å². The van der Waals surface area contributed by atoms with Crippen LogP contribution in [0.1, 0.15) is 24.5 Å². The second-order valence-electron chi connectivity index (χ2n) is 4.89. The van der Waals surface area contributed by atoms with Crippen LogP contribution < -0.4 is 10.1 Å². The van der Waals surface area contributed by atoms with Crippen LogP contribution in [0.2, 0.25) is 0 Å². The number of aliphatic carboxylic acids is 1. The average molecular weight is 279 g/mol. The highest BCUT2D eigenvalue weighted by Gasteiger charge is 2.12. The van der Waals surface area contributed by atoms with Crippen molar-refractivity contribution in [2.24, 2.45) is 5.92 Å². The molecule has 0 bridgehead atoms. The fourth-order valence-corrected chi connectivity index (χ4v) is 1.51. The topological polar surface area (TPSA) is 75.6 Å². The minimum absolute atomic E-state index is 0.137. The summed E-state index contributed by atoms with van der Waals surface area (Å²) < 4.78 is 5.49. The highest BCUT2D eigenvalue weighted by molar-refractivity contribution is 5.77. The van der Waals surface area contributed by atoms with Gasteiger partial charge in [0.15, 0.2) is 0 Å². The Morgan fingerprint density at radius 3 is 2.60 bits per heavy atom. The van der Waals surface area contributed by atoms with Crippen molar-refractivity contribution in [2.45, 2.75) is 27.2 Å². The SMILES string of the molecule is Cc1ccc(OCCC(=O)NCC(C)C(=O)O)cc1C. The summed E-state index contributed by atoms with van der Waals surface area (Å²) in [6.07, 6.45) is 0.208. The lowest BCUT2D eigenvalue weighted by molar-refractivity contribution is -0.141. The summed E-state index contributed by atoms with van der Waals surface area (Å²) >= 11 is 0. The molecular weight excluding hydrogens is 258 g/mol. The molecule has 5 heteroatoms. The summed E-state index contributed by atoms with van der Waals surface area (Å²) in [4.78, 5) is 22.1. The molecule has 0 heterocycles. The number of aryl methyl sites for hydroxylation is 2. The zero-order valence-corrected chi connectivity index (χ0v) is 12.1. The van der Waals surface area contributed by atoms with Gasteiger partial charge in [0.1, 0.15) is 5.75 Å². The Hall–Kier alpha value is -2.04. The number of nitrogens with one attached hydrogen (secondary N) is 1. The maximum atomic E-state index is 11.5. The van der Waals surface area contributed by atoms with E-state index in [1.54, 1.807) is 6.92 Å². The van der Waals surface area contributed by atoms with Crippen molar-refractivity contribution in [3.05, 3.63) is 29.3 Å². The number of carboxylic acids is 1. The maximum absolute atomic E-state index is 11.5. The smallest absolute Gasteiger partial charge is 0.308 e. The van der Waals surface area contributed by atoms with Crippen molar-refractivity contribution in [1.82, 2.24) is 5.32 Å². The van der Waals surface area contributed by atoms with E-state index in [0.717, 1.165) is 11.3 Å². The molecule has 1 aromatic rings. The molecule has 20 heavy (non-hydrogen) atoms. The van der Waals surface area contributed by atoms with E-state index in [1.807, 2.05) is 32.0 Å². The van der Waals surface area contributed by atoms with Gasteiger partial charge in [-0.15, -0.1) is 0 Å². The van der Waals surface area contributed by atoms with Crippen molar-refractivity contribution in [3.8, 4) is 5.75 Å². The first-order chi connectivity index (χ1) is 9.40. The van der Waals surface area contributed by atoms with Crippen LogP contribution in [0.25, 0.3) is 0 Å². The van der Waals surface area contributed by atoms with E-state index in [4.69, 9.17) is 9.84 Å². The van der Waals surface area contributed by atoms with Crippen molar-refractivity contribution in [1.29, 1.82) is 0 Å². The summed E-state index contributed by atoms with van der Waals surface area (Å²) in [6.45, 7) is 5.99. The maximum Gasteiger partial charge on any atom is 0.308 e. The molecule has 0 saturated carbocycles. The van der Waals surface area contributed by atoms with E-state index in [2.05, 4.69) is 5.32 Å². The number of carboxylic acid groups (broad SMARTS) is 1. The first-order valence-electron chi connectivity index (χ1n) is 6.59. The Balaban J connectivity index is 2.28. The van der Waals surface area contributed by atoms with Crippen molar-refractivity contribution < 1.29 is 19.4 Å². The summed E-state index contributed by atoms with van der Waals surface area (Å²) in [5.41, 5.74) is 2.33. The van der Waals surface area contributed by atoms with Gasteiger partial charge in [0.2, 0.25) is 5.91 Å². The Labute approximate surface area is 118 Å². The zero-order valence-electron chi connectivity index (χ0n) is 12.1. The number of amides is 1. The lowest BCUT2D eigenvalue weighted by Crippen LogP contribution is -2.32. The number of carbonyl (C=O) groups excluding carboxylic acids is 1. The van der Waals surface area contributed by atoms with Gasteiger partial charge in [-0.2, -0.15) is 0 Å². The van der Waals surface area contributed by atoms with E-state index < -0.39 is 11.9 Å². The van der Waals surface area contributed by atoms with E-state index in [-0.39, 0.29) is 25.5 Å². The minimum atomic E-state index is -0.920. The Kier molecular flexibility index (Phi) is 6.03. The summed E-state index contributed by atoms with van der Waals surface area (Å²) in [5, 5.41) is 11.3. The molecule has 0 aliphatic heterocycles. The number of rotatable bonds is 7. The molecule has 0 radical (unpaired) electrons. The molecule has 1 aromatic carbocycles. The van der Waals surface area contributed by atoms with Crippen LogP contribution in [0, 0.1) is 19.8 Å². The monoisotopic (exact) mass is 279 g/mol. The van der Waals surface area contributed by atoms with Crippen LogP contribution in [0.4, 0.5) is 0 Å². The molecule has 1 amide bonds. The van der Waals surface area contributed by atoms with Crippen LogP contribution in [0.5, 0.6) is 5.75 Å². The predicted octanol–water partition coefficient (Wildman–Crippen LogP) is 1.91. The van der Waals surface area contributed by atoms with Gasteiger partial charge in [-0.25, -0.2) is 0 Å². The molecule has 0 spiro atoms. The van der Waals surface area contributed by atoms with Crippen molar-refractivity contribution in [2.75, 3.05) is 13.2 Å². The first-order valence-corrected chi connectivity index (χ1v) is 6.59. The van der Waals surface area contributed by atoms with Crippen LogP contribution in [0.15, 0.2) is 18.2 Å². The van der Waals surface area contributed by atoms with Gasteiger partial charge >= 0.3 is 5.97 Å². The summed E-state index contributed by atoms with van der Waals surface area (Å²) in [5.74, 6) is -0.974. The molecule has 2 N–H and O–H groups in total. The van der Waals surface area contributed by atoms with E-state index in [0.29, 0.717) is 0 Å². The number of ether oxygens (including phenoxy) is 1. The molecule has 0 aliphatic rings. The molecule has 1 atom stereocenters. The lowest BCUT2D eigenvalue weighted by Gasteiger charge is -2.10. The number of hydrogen-bond acceptors (Lipinski definition) is 3. The highest BCUT2D eigenvalue weighted by atomic mass is 16.5. The van der Waals surface area contributed by atoms with Crippen LogP contribution >= 0.6 is 0 Å². The molecular formula is C15H21NO4. The van der Waals surface area contributed by atoms with Gasteiger partial charge in [-0.1, -0.05) is 13.0 Å². The van der Waals surface area contributed by atoms with Crippen LogP contribution in [0.3, 0.4) is 0 Å². The molecule has 0 fully saturated rings. The summed E-state index contributed by atoms with van der Waals surface area (Å²) in [7, 11) is 0. The molecule has 5 nitrogen and oxygen atoms in total. The van der Waals surface area contributed by atoms with Crippen LogP contribution in [-0.2, 0) is 9.59 Å². The predicted molar refractivity (Wildman–Crippen MR) is 75.8 cm³/mol. The second-order valence-corrected chi connectivity index (χ2v) is 4.89. The zero-order chi connectivity index (χ0) is 15.1. The Morgan fingerprint density at radius 2 is 2.00 bits per heavy atom. The standard InChI is InChI=1S/C15H21NO4/c1-10-4-5-13(8-11(10)2)20-7-6-14(17)16-9-12(3)15(18)19/h4-5,8,12H,6-7,9H2,1-3H3,(H,16,17)(H,18,19). The Morgan fingerprint density at radius 1 is 1.30 bits per heavy atom. The molecule has 110 valence electrons. The third kappa shape index (κ3) is 5.30. The van der Waals surface area contributed by atoms with Crippen molar-refractivity contribution in [3.63, 3.8) is 0 Å². The number of benzene rings is 1. The van der Waals surface area contributed by atoms with Gasteiger partial charge in [-0.3, -0.25) is 9.59 Å². The summed E-state index contributed by atoms with van der Waals surface area (Å²) in [6, 6.07) is 5.77. The largest absolute Gasteiger partial charge is 0.493 e. The van der Waals surface area contributed by atoms with Gasteiger partial charge in [-0.05, 0) is 37.1 Å². The number of hydrogen-bond donors (Lipinski definition) is 2. The van der Waals surface area contributed by atoms with E-state index >= 15 is 0 Å².